The van der Waals surface area contributed by atoms with E-state index < -0.39 is 0 Å². The maximum atomic E-state index is 6.27. The Morgan fingerprint density at radius 1 is 1.09 bits per heavy atom. The molecule has 1 atom stereocenters. The van der Waals surface area contributed by atoms with Crippen molar-refractivity contribution in [1.82, 2.24) is 4.90 Å². The third-order valence-electron chi connectivity index (χ3n) is 4.54. The molecule has 0 aliphatic carbocycles. The zero-order valence-electron chi connectivity index (χ0n) is 14.2. The first-order valence-corrected chi connectivity index (χ1v) is 8.73. The molecular formula is C21H27NO. The number of nitrogens with zero attached hydrogens (tertiary/aromatic N) is 1. The Morgan fingerprint density at radius 2 is 1.91 bits per heavy atom. The third kappa shape index (κ3) is 4.59. The van der Waals surface area contributed by atoms with E-state index in [1.165, 1.54) is 24.1 Å². The average molecular weight is 309 g/mol. The van der Waals surface area contributed by atoms with Crippen molar-refractivity contribution in [3.05, 3.63) is 65.7 Å². The Bertz CT molecular complexity index is 608. The second-order valence-electron chi connectivity index (χ2n) is 6.83. The number of likely N-dealkylation sites (tertiary alicyclic amines) is 1. The molecule has 0 N–H and O–H groups in total. The number of rotatable bonds is 5. The van der Waals surface area contributed by atoms with Crippen LogP contribution in [0.15, 0.2) is 54.6 Å². The van der Waals surface area contributed by atoms with Crippen LogP contribution < -0.4 is 4.74 Å². The SMILES string of the molecule is CC(C)c1cccc(OC2CCCN(Cc3ccccc3)C2)c1. The molecule has 1 fully saturated rings. The Morgan fingerprint density at radius 3 is 2.70 bits per heavy atom. The molecule has 0 aromatic heterocycles. The molecule has 1 aliphatic rings. The fraction of sp³-hybridized carbons (Fsp3) is 0.429. The number of hydrogen-bond acceptors (Lipinski definition) is 2. The largest absolute Gasteiger partial charge is 0.489 e. The summed E-state index contributed by atoms with van der Waals surface area (Å²) in [5, 5.41) is 0. The molecule has 2 aromatic rings. The highest BCUT2D eigenvalue weighted by Gasteiger charge is 2.21. The van der Waals surface area contributed by atoms with E-state index in [0.717, 1.165) is 25.3 Å². The van der Waals surface area contributed by atoms with Gasteiger partial charge in [0.2, 0.25) is 0 Å². The van der Waals surface area contributed by atoms with Gasteiger partial charge in [-0.2, -0.15) is 0 Å². The molecule has 1 unspecified atom stereocenters. The molecule has 0 spiro atoms. The molecule has 0 bridgehead atoms. The summed E-state index contributed by atoms with van der Waals surface area (Å²) in [5.74, 6) is 1.56. The van der Waals surface area contributed by atoms with Gasteiger partial charge in [-0.15, -0.1) is 0 Å². The van der Waals surface area contributed by atoms with Crippen LogP contribution in [-0.2, 0) is 6.54 Å². The average Bonchev–Trinajstić information content (AvgIpc) is 2.56. The normalized spacial score (nSPS) is 19.0. The van der Waals surface area contributed by atoms with Crippen LogP contribution in [-0.4, -0.2) is 24.1 Å². The Kier molecular flexibility index (Phi) is 5.35. The van der Waals surface area contributed by atoms with Gasteiger partial charge in [0.1, 0.15) is 11.9 Å². The van der Waals surface area contributed by atoms with Crippen LogP contribution in [0.1, 0.15) is 43.7 Å². The second kappa shape index (κ2) is 7.65. The molecule has 0 radical (unpaired) electrons. The van der Waals surface area contributed by atoms with Crippen molar-refractivity contribution >= 4 is 0 Å². The molecule has 3 rings (SSSR count). The van der Waals surface area contributed by atoms with Gasteiger partial charge in [0, 0.05) is 13.1 Å². The highest BCUT2D eigenvalue weighted by atomic mass is 16.5. The van der Waals surface area contributed by atoms with E-state index in [0.29, 0.717) is 12.0 Å². The monoisotopic (exact) mass is 309 g/mol. The number of hydrogen-bond donors (Lipinski definition) is 0. The van der Waals surface area contributed by atoms with Gasteiger partial charge in [-0.3, -0.25) is 4.90 Å². The zero-order chi connectivity index (χ0) is 16.1. The maximum absolute atomic E-state index is 6.27. The van der Waals surface area contributed by atoms with E-state index >= 15 is 0 Å². The van der Waals surface area contributed by atoms with Gasteiger partial charge in [0.25, 0.3) is 0 Å². The fourth-order valence-corrected chi connectivity index (χ4v) is 3.23. The van der Waals surface area contributed by atoms with E-state index in [4.69, 9.17) is 4.74 Å². The van der Waals surface area contributed by atoms with Gasteiger partial charge < -0.3 is 4.74 Å². The Labute approximate surface area is 140 Å². The lowest BCUT2D eigenvalue weighted by molar-refractivity contribution is 0.0842. The molecule has 2 aromatic carbocycles. The van der Waals surface area contributed by atoms with Crippen molar-refractivity contribution in [2.24, 2.45) is 0 Å². The second-order valence-corrected chi connectivity index (χ2v) is 6.83. The summed E-state index contributed by atoms with van der Waals surface area (Å²) in [6.45, 7) is 7.65. The molecule has 0 saturated carbocycles. The summed E-state index contributed by atoms with van der Waals surface area (Å²) in [5.41, 5.74) is 2.73. The van der Waals surface area contributed by atoms with E-state index in [1.807, 2.05) is 0 Å². The van der Waals surface area contributed by atoms with Crippen LogP contribution in [0.25, 0.3) is 0 Å². The van der Waals surface area contributed by atoms with Crippen molar-refractivity contribution in [2.75, 3.05) is 13.1 Å². The molecule has 23 heavy (non-hydrogen) atoms. The first-order chi connectivity index (χ1) is 11.2. The van der Waals surface area contributed by atoms with E-state index in [1.54, 1.807) is 0 Å². The molecular weight excluding hydrogens is 282 g/mol. The van der Waals surface area contributed by atoms with E-state index in [-0.39, 0.29) is 0 Å². The summed E-state index contributed by atoms with van der Waals surface area (Å²) >= 11 is 0. The van der Waals surface area contributed by atoms with Gasteiger partial charge in [0.05, 0.1) is 0 Å². The van der Waals surface area contributed by atoms with Crippen molar-refractivity contribution in [3.63, 3.8) is 0 Å². The number of ether oxygens (including phenoxy) is 1. The van der Waals surface area contributed by atoms with Crippen LogP contribution >= 0.6 is 0 Å². The van der Waals surface area contributed by atoms with E-state index in [2.05, 4.69) is 73.3 Å². The topological polar surface area (TPSA) is 12.5 Å². The summed E-state index contributed by atoms with van der Waals surface area (Å²) < 4.78 is 6.27. The highest BCUT2D eigenvalue weighted by Crippen LogP contribution is 2.23. The predicted molar refractivity (Wildman–Crippen MR) is 95.9 cm³/mol. The minimum Gasteiger partial charge on any atom is -0.489 e. The first kappa shape index (κ1) is 16.1. The predicted octanol–water partition coefficient (Wildman–Crippen LogP) is 4.85. The summed E-state index contributed by atoms with van der Waals surface area (Å²) in [4.78, 5) is 2.51. The first-order valence-electron chi connectivity index (χ1n) is 8.73. The molecule has 1 aliphatic heterocycles. The summed E-state index contributed by atoms with van der Waals surface area (Å²) in [6.07, 6.45) is 2.66. The lowest BCUT2D eigenvalue weighted by atomic mass is 10.0. The van der Waals surface area contributed by atoms with E-state index in [9.17, 15) is 0 Å². The fourth-order valence-electron chi connectivity index (χ4n) is 3.23. The van der Waals surface area contributed by atoms with Crippen LogP contribution in [0, 0.1) is 0 Å². The lowest BCUT2D eigenvalue weighted by Crippen LogP contribution is -2.40. The van der Waals surface area contributed by atoms with Crippen molar-refractivity contribution < 1.29 is 4.74 Å². The van der Waals surface area contributed by atoms with Crippen LogP contribution in [0.3, 0.4) is 0 Å². The Balaban J connectivity index is 1.59. The minimum atomic E-state index is 0.301. The standard InChI is InChI=1S/C21H27NO/c1-17(2)19-10-6-11-20(14-19)23-21-12-7-13-22(16-21)15-18-8-4-3-5-9-18/h3-6,8-11,14,17,21H,7,12-13,15-16H2,1-2H3. The molecule has 1 heterocycles. The maximum Gasteiger partial charge on any atom is 0.120 e. The van der Waals surface area contributed by atoms with Gasteiger partial charge in [-0.05, 0) is 48.6 Å². The molecule has 1 saturated heterocycles. The number of benzene rings is 2. The highest BCUT2D eigenvalue weighted by molar-refractivity contribution is 5.30. The van der Waals surface area contributed by atoms with Crippen molar-refractivity contribution in [2.45, 2.75) is 45.3 Å². The van der Waals surface area contributed by atoms with Crippen LogP contribution in [0.5, 0.6) is 5.75 Å². The van der Waals surface area contributed by atoms with Crippen LogP contribution in [0.4, 0.5) is 0 Å². The third-order valence-corrected chi connectivity index (χ3v) is 4.54. The molecule has 0 amide bonds. The quantitative estimate of drug-likeness (QED) is 0.782. The Hall–Kier alpha value is -1.80. The van der Waals surface area contributed by atoms with Crippen molar-refractivity contribution in [3.8, 4) is 5.75 Å². The smallest absolute Gasteiger partial charge is 0.120 e. The van der Waals surface area contributed by atoms with Crippen LogP contribution in [0.2, 0.25) is 0 Å². The summed E-state index contributed by atoms with van der Waals surface area (Å²) in [6, 6.07) is 19.3. The van der Waals surface area contributed by atoms with Gasteiger partial charge in [0.15, 0.2) is 0 Å². The zero-order valence-corrected chi connectivity index (χ0v) is 14.2. The molecule has 2 nitrogen and oxygen atoms in total. The van der Waals surface area contributed by atoms with Crippen molar-refractivity contribution in [1.29, 1.82) is 0 Å². The van der Waals surface area contributed by atoms with Gasteiger partial charge >= 0.3 is 0 Å². The lowest BCUT2D eigenvalue weighted by Gasteiger charge is -2.33. The van der Waals surface area contributed by atoms with Gasteiger partial charge in [-0.25, -0.2) is 0 Å². The van der Waals surface area contributed by atoms with Gasteiger partial charge in [-0.1, -0.05) is 56.3 Å². The summed E-state index contributed by atoms with van der Waals surface area (Å²) in [7, 11) is 0. The minimum absolute atomic E-state index is 0.301. The molecule has 2 heteroatoms. The number of piperidine rings is 1. The molecule has 122 valence electrons.